The molecule has 64 valence electrons. The summed E-state index contributed by atoms with van der Waals surface area (Å²) in [6.07, 6.45) is 3.18. The number of ketones is 1. The molecule has 0 N–H and O–H groups in total. The van der Waals surface area contributed by atoms with Crippen LogP contribution in [-0.2, 0) is 4.79 Å². The molecule has 0 saturated carbocycles. The lowest BCUT2D eigenvalue weighted by molar-refractivity contribution is -0.118. The van der Waals surface area contributed by atoms with Crippen LogP contribution in [0.3, 0.4) is 0 Å². The van der Waals surface area contributed by atoms with Gasteiger partial charge in [0.25, 0.3) is 0 Å². The monoisotopic (exact) mass is 276 g/mol. The van der Waals surface area contributed by atoms with Crippen molar-refractivity contribution in [3.8, 4) is 0 Å². The molecule has 0 aliphatic carbocycles. The first-order valence-electron chi connectivity index (χ1n) is 3.58. The van der Waals surface area contributed by atoms with Crippen LogP contribution in [0.4, 0.5) is 0 Å². The van der Waals surface area contributed by atoms with E-state index in [0.717, 1.165) is 9.26 Å². The van der Waals surface area contributed by atoms with E-state index in [2.05, 4.69) is 32.6 Å². The van der Waals surface area contributed by atoms with Gasteiger partial charge in [0.05, 0.1) is 15.2 Å². The van der Waals surface area contributed by atoms with E-state index in [1.165, 1.54) is 6.33 Å². The van der Waals surface area contributed by atoms with Crippen molar-refractivity contribution in [2.24, 2.45) is 0 Å². The number of hydrogen-bond acceptors (Lipinski definition) is 3. The molecule has 0 amide bonds. The molecule has 1 unspecified atom stereocenters. The first-order chi connectivity index (χ1) is 5.63. The zero-order chi connectivity index (χ0) is 9.14. The lowest BCUT2D eigenvalue weighted by atomic mass is 10.0. The van der Waals surface area contributed by atoms with Gasteiger partial charge in [0.2, 0.25) is 0 Å². The molecule has 1 heterocycles. The molecule has 1 atom stereocenters. The van der Waals surface area contributed by atoms with E-state index in [9.17, 15) is 4.79 Å². The molecule has 0 fully saturated rings. The maximum absolute atomic E-state index is 11.0. The lowest BCUT2D eigenvalue weighted by Gasteiger charge is -2.07. The van der Waals surface area contributed by atoms with Gasteiger partial charge in [-0.2, -0.15) is 0 Å². The van der Waals surface area contributed by atoms with E-state index >= 15 is 0 Å². The van der Waals surface area contributed by atoms with Crippen LogP contribution in [0.2, 0.25) is 0 Å². The van der Waals surface area contributed by atoms with Crippen molar-refractivity contribution in [2.45, 2.75) is 19.8 Å². The van der Waals surface area contributed by atoms with Crippen molar-refractivity contribution in [3.63, 3.8) is 0 Å². The van der Waals surface area contributed by atoms with E-state index < -0.39 is 0 Å². The zero-order valence-electron chi connectivity index (χ0n) is 6.91. The number of Topliss-reactive ketones (excluding diaryl/α,β-unsaturated/α-hetero) is 1. The summed E-state index contributed by atoms with van der Waals surface area (Å²) in [6, 6.07) is 0. The fraction of sp³-hybridized carbons (Fsp3) is 0.375. The quantitative estimate of drug-likeness (QED) is 0.773. The van der Waals surface area contributed by atoms with Crippen molar-refractivity contribution in [3.05, 3.63) is 21.8 Å². The van der Waals surface area contributed by atoms with E-state index in [1.807, 2.05) is 6.92 Å². The number of nitrogens with zero attached hydrogens (tertiary/aromatic N) is 2. The summed E-state index contributed by atoms with van der Waals surface area (Å²) in [5.74, 6) is 0.00603. The molecule has 0 aliphatic rings. The Morgan fingerprint density at radius 1 is 1.67 bits per heavy atom. The van der Waals surface area contributed by atoms with Crippen LogP contribution >= 0.6 is 22.6 Å². The molecule has 0 aliphatic heterocycles. The van der Waals surface area contributed by atoms with Gasteiger partial charge >= 0.3 is 0 Å². The van der Waals surface area contributed by atoms with Crippen molar-refractivity contribution in [1.29, 1.82) is 0 Å². The Morgan fingerprint density at radius 2 is 2.33 bits per heavy atom. The molecule has 12 heavy (non-hydrogen) atoms. The second-order valence-electron chi connectivity index (χ2n) is 2.59. The SMILES string of the molecule is CC(=O)C(C)c1ncncc1I. The first kappa shape index (κ1) is 9.57. The van der Waals surface area contributed by atoms with Crippen molar-refractivity contribution < 1.29 is 4.79 Å². The average Bonchev–Trinajstić information content (AvgIpc) is 2.04. The smallest absolute Gasteiger partial charge is 0.138 e. The summed E-state index contributed by atoms with van der Waals surface area (Å²) in [5, 5.41) is 0. The van der Waals surface area contributed by atoms with Gasteiger partial charge in [0.1, 0.15) is 12.1 Å². The number of carbonyl (C=O) groups excluding carboxylic acids is 1. The maximum Gasteiger partial charge on any atom is 0.138 e. The third-order valence-electron chi connectivity index (χ3n) is 1.72. The summed E-state index contributed by atoms with van der Waals surface area (Å²) in [6.45, 7) is 3.43. The Labute approximate surface area is 84.8 Å². The molecule has 0 saturated heterocycles. The van der Waals surface area contributed by atoms with E-state index in [1.54, 1.807) is 13.1 Å². The molecule has 0 bridgehead atoms. The highest BCUT2D eigenvalue weighted by Crippen LogP contribution is 2.18. The maximum atomic E-state index is 11.0. The Morgan fingerprint density at radius 3 is 2.83 bits per heavy atom. The van der Waals surface area contributed by atoms with Gasteiger partial charge < -0.3 is 0 Å². The number of aromatic nitrogens is 2. The fourth-order valence-corrected chi connectivity index (χ4v) is 1.60. The van der Waals surface area contributed by atoms with Crippen LogP contribution in [0.5, 0.6) is 0 Å². The summed E-state index contributed by atoms with van der Waals surface area (Å²) in [5.41, 5.74) is 0.818. The molecule has 1 rings (SSSR count). The standard InChI is InChI=1S/C8H9IN2O/c1-5(6(2)12)8-7(9)3-10-4-11-8/h3-5H,1-2H3. The second kappa shape index (κ2) is 3.93. The lowest BCUT2D eigenvalue weighted by Crippen LogP contribution is -2.08. The molecule has 0 aromatic carbocycles. The predicted molar refractivity (Wildman–Crippen MR) is 53.8 cm³/mol. The minimum absolute atomic E-state index is 0.125. The van der Waals surface area contributed by atoms with Crippen LogP contribution in [0, 0.1) is 3.57 Å². The summed E-state index contributed by atoms with van der Waals surface area (Å²) >= 11 is 2.13. The summed E-state index contributed by atoms with van der Waals surface area (Å²) < 4.78 is 0.942. The number of carbonyl (C=O) groups is 1. The third kappa shape index (κ3) is 2.00. The van der Waals surface area contributed by atoms with E-state index in [0.29, 0.717) is 0 Å². The molecular formula is C8H9IN2O. The Balaban J connectivity index is 3.02. The molecule has 1 aromatic rings. The van der Waals surface area contributed by atoms with Crippen LogP contribution in [0.25, 0.3) is 0 Å². The van der Waals surface area contributed by atoms with Crippen LogP contribution in [0.15, 0.2) is 12.5 Å². The third-order valence-corrected chi connectivity index (χ3v) is 2.55. The topological polar surface area (TPSA) is 42.9 Å². The summed E-state index contributed by atoms with van der Waals surface area (Å²) in [7, 11) is 0. The molecule has 0 spiro atoms. The molecule has 1 aromatic heterocycles. The van der Waals surface area contributed by atoms with Gasteiger partial charge in [-0.15, -0.1) is 0 Å². The highest BCUT2D eigenvalue weighted by molar-refractivity contribution is 14.1. The molecule has 0 radical (unpaired) electrons. The average molecular weight is 276 g/mol. The van der Waals surface area contributed by atoms with Gasteiger partial charge in [-0.3, -0.25) is 4.79 Å². The second-order valence-corrected chi connectivity index (χ2v) is 3.75. The van der Waals surface area contributed by atoms with Gasteiger partial charge in [-0.05, 0) is 36.4 Å². The van der Waals surface area contributed by atoms with E-state index in [4.69, 9.17) is 0 Å². The van der Waals surface area contributed by atoms with Crippen molar-refractivity contribution in [1.82, 2.24) is 9.97 Å². The van der Waals surface area contributed by atoms with E-state index in [-0.39, 0.29) is 11.7 Å². The van der Waals surface area contributed by atoms with Crippen LogP contribution in [-0.4, -0.2) is 15.8 Å². The Kier molecular flexibility index (Phi) is 3.13. The number of rotatable bonds is 2. The molecule has 3 nitrogen and oxygen atoms in total. The van der Waals surface area contributed by atoms with Gasteiger partial charge in [-0.1, -0.05) is 0 Å². The number of hydrogen-bond donors (Lipinski definition) is 0. The Bertz CT molecular complexity index is 301. The highest BCUT2D eigenvalue weighted by Gasteiger charge is 2.14. The van der Waals surface area contributed by atoms with Gasteiger partial charge in [-0.25, -0.2) is 9.97 Å². The van der Waals surface area contributed by atoms with Crippen molar-refractivity contribution in [2.75, 3.05) is 0 Å². The van der Waals surface area contributed by atoms with Crippen LogP contribution in [0.1, 0.15) is 25.5 Å². The predicted octanol–water partition coefficient (Wildman–Crippen LogP) is 1.77. The van der Waals surface area contributed by atoms with Gasteiger partial charge in [0, 0.05) is 6.20 Å². The minimum Gasteiger partial charge on any atom is -0.299 e. The van der Waals surface area contributed by atoms with Gasteiger partial charge in [0.15, 0.2) is 0 Å². The molecule has 4 heteroatoms. The summed E-state index contributed by atoms with van der Waals surface area (Å²) in [4.78, 5) is 18.9. The highest BCUT2D eigenvalue weighted by atomic mass is 127. The minimum atomic E-state index is -0.125. The van der Waals surface area contributed by atoms with Crippen molar-refractivity contribution >= 4 is 28.4 Å². The normalized spacial score (nSPS) is 12.6. The largest absolute Gasteiger partial charge is 0.299 e. The number of halogens is 1. The fourth-order valence-electron chi connectivity index (χ4n) is 0.833. The zero-order valence-corrected chi connectivity index (χ0v) is 9.07. The first-order valence-corrected chi connectivity index (χ1v) is 4.66. The van der Waals surface area contributed by atoms with Crippen LogP contribution < -0.4 is 0 Å². The molecular weight excluding hydrogens is 267 g/mol. The Hall–Kier alpha value is -0.520.